The molecule has 0 saturated heterocycles. The number of carbonyl (C=O) groups excluding carboxylic acids is 2. The molecule has 0 amide bonds. The van der Waals surface area contributed by atoms with E-state index in [0.717, 1.165) is 44.9 Å². The number of nitrogens with zero attached hydrogens (tertiary/aromatic N) is 1. The largest absolute Gasteiger partial charge is 0.491 e. The third kappa shape index (κ3) is 8.26. The summed E-state index contributed by atoms with van der Waals surface area (Å²) in [5.74, 6) is 1.36. The molecule has 1 aromatic heterocycles. The summed E-state index contributed by atoms with van der Waals surface area (Å²) in [7, 11) is 1.57. The van der Waals surface area contributed by atoms with E-state index >= 15 is 0 Å². The number of aromatic nitrogens is 1. The Kier molecular flexibility index (Phi) is 10.2. The van der Waals surface area contributed by atoms with Crippen molar-refractivity contribution in [3.05, 3.63) is 24.0 Å². The molecule has 29 heavy (non-hydrogen) atoms. The zero-order valence-corrected chi connectivity index (χ0v) is 17.7. The second-order valence-electron chi connectivity index (χ2n) is 7.29. The molecule has 0 atom stereocenters. The van der Waals surface area contributed by atoms with Crippen LogP contribution in [0.15, 0.2) is 18.3 Å². The van der Waals surface area contributed by atoms with Gasteiger partial charge in [-0.1, -0.05) is 19.3 Å². The zero-order valence-electron chi connectivity index (χ0n) is 17.7. The molecule has 0 bridgehead atoms. The molecule has 1 saturated carbocycles. The van der Waals surface area contributed by atoms with Crippen LogP contribution in [0.25, 0.3) is 6.08 Å². The van der Waals surface area contributed by atoms with Gasteiger partial charge in [-0.15, -0.1) is 0 Å². The minimum absolute atomic E-state index is 0.150. The highest BCUT2D eigenvalue weighted by Gasteiger charge is 2.18. The van der Waals surface area contributed by atoms with Crippen molar-refractivity contribution in [1.82, 2.24) is 4.98 Å². The third-order valence-corrected chi connectivity index (χ3v) is 5.09. The van der Waals surface area contributed by atoms with Gasteiger partial charge in [0.1, 0.15) is 0 Å². The third-order valence-electron chi connectivity index (χ3n) is 5.09. The van der Waals surface area contributed by atoms with E-state index in [1.807, 2.05) is 6.92 Å². The highest BCUT2D eigenvalue weighted by Crippen LogP contribution is 2.28. The van der Waals surface area contributed by atoms with Gasteiger partial charge in [-0.2, -0.15) is 0 Å². The molecule has 2 rings (SSSR count). The van der Waals surface area contributed by atoms with Crippen LogP contribution in [0.2, 0.25) is 0 Å². The van der Waals surface area contributed by atoms with E-state index in [-0.39, 0.29) is 17.7 Å². The van der Waals surface area contributed by atoms with E-state index in [1.165, 1.54) is 6.42 Å². The Morgan fingerprint density at radius 2 is 1.93 bits per heavy atom. The minimum Gasteiger partial charge on any atom is -0.491 e. The smallest absolute Gasteiger partial charge is 0.305 e. The molecular formula is C23H33NO5. The summed E-state index contributed by atoms with van der Waals surface area (Å²) in [6, 6.07) is 1.79. The van der Waals surface area contributed by atoms with Gasteiger partial charge >= 0.3 is 5.97 Å². The molecular weight excluding hydrogens is 370 g/mol. The fourth-order valence-electron chi connectivity index (χ4n) is 3.45. The quantitative estimate of drug-likeness (QED) is 0.285. The summed E-state index contributed by atoms with van der Waals surface area (Å²) >= 11 is 0. The first-order valence-electron chi connectivity index (χ1n) is 10.7. The maximum absolute atomic E-state index is 12.3. The van der Waals surface area contributed by atoms with Gasteiger partial charge in [-0.25, -0.2) is 0 Å². The number of esters is 1. The number of ketones is 1. The molecule has 0 radical (unpaired) electrons. The van der Waals surface area contributed by atoms with E-state index in [1.54, 1.807) is 31.5 Å². The van der Waals surface area contributed by atoms with Crippen molar-refractivity contribution >= 4 is 17.8 Å². The van der Waals surface area contributed by atoms with E-state index in [2.05, 4.69) is 4.98 Å². The molecule has 1 heterocycles. The number of unbranched alkanes of at least 4 members (excludes halogenated alkanes) is 2. The number of pyridine rings is 1. The Hall–Kier alpha value is -2.37. The summed E-state index contributed by atoms with van der Waals surface area (Å²) in [5.41, 5.74) is 0.673. The molecule has 0 unspecified atom stereocenters. The molecule has 1 fully saturated rings. The monoisotopic (exact) mass is 403 g/mol. The molecule has 0 aliphatic heterocycles. The van der Waals surface area contributed by atoms with Crippen LogP contribution in [0.4, 0.5) is 0 Å². The van der Waals surface area contributed by atoms with Gasteiger partial charge < -0.3 is 14.2 Å². The minimum atomic E-state index is -0.150. The molecule has 0 aromatic carbocycles. The van der Waals surface area contributed by atoms with Crippen LogP contribution in [0.1, 0.15) is 70.4 Å². The summed E-state index contributed by atoms with van der Waals surface area (Å²) < 4.78 is 16.1. The van der Waals surface area contributed by atoms with Crippen molar-refractivity contribution in [2.45, 2.75) is 64.7 Å². The van der Waals surface area contributed by atoms with E-state index < -0.39 is 0 Å². The molecule has 1 aromatic rings. The van der Waals surface area contributed by atoms with Crippen LogP contribution >= 0.6 is 0 Å². The van der Waals surface area contributed by atoms with Gasteiger partial charge in [0, 0.05) is 18.4 Å². The predicted octanol–water partition coefficient (Wildman–Crippen LogP) is 4.76. The second kappa shape index (κ2) is 13.0. The van der Waals surface area contributed by atoms with Crippen molar-refractivity contribution in [2.75, 3.05) is 20.3 Å². The van der Waals surface area contributed by atoms with Crippen LogP contribution in [-0.4, -0.2) is 37.1 Å². The number of methoxy groups -OCH3 is 1. The predicted molar refractivity (Wildman–Crippen MR) is 112 cm³/mol. The van der Waals surface area contributed by atoms with Gasteiger partial charge in [0.05, 0.1) is 32.2 Å². The molecule has 6 nitrogen and oxygen atoms in total. The summed E-state index contributed by atoms with van der Waals surface area (Å²) in [5, 5.41) is 0. The average Bonchev–Trinajstić information content (AvgIpc) is 2.75. The topological polar surface area (TPSA) is 74.7 Å². The van der Waals surface area contributed by atoms with E-state index in [0.29, 0.717) is 36.8 Å². The van der Waals surface area contributed by atoms with Crippen molar-refractivity contribution in [2.24, 2.45) is 5.92 Å². The summed E-state index contributed by atoms with van der Waals surface area (Å²) in [4.78, 5) is 28.0. The summed E-state index contributed by atoms with van der Waals surface area (Å²) in [6.45, 7) is 2.75. The molecule has 1 aliphatic rings. The Morgan fingerprint density at radius 3 is 2.66 bits per heavy atom. The Morgan fingerprint density at radius 1 is 1.14 bits per heavy atom. The normalized spacial score (nSPS) is 14.7. The van der Waals surface area contributed by atoms with Crippen molar-refractivity contribution in [1.29, 1.82) is 0 Å². The lowest BCUT2D eigenvalue weighted by molar-refractivity contribution is -0.143. The average molecular weight is 404 g/mol. The maximum Gasteiger partial charge on any atom is 0.305 e. The number of allylic oxidation sites excluding steroid dienone is 1. The lowest BCUT2D eigenvalue weighted by Gasteiger charge is -2.18. The van der Waals surface area contributed by atoms with Gasteiger partial charge in [-0.05, 0) is 51.2 Å². The fraction of sp³-hybridized carbons (Fsp3) is 0.609. The number of hydrogen-bond donors (Lipinski definition) is 0. The van der Waals surface area contributed by atoms with E-state index in [4.69, 9.17) is 14.2 Å². The highest BCUT2D eigenvalue weighted by molar-refractivity contribution is 5.95. The Balaban J connectivity index is 1.82. The van der Waals surface area contributed by atoms with Crippen molar-refractivity contribution in [3.63, 3.8) is 0 Å². The van der Waals surface area contributed by atoms with Crippen LogP contribution in [-0.2, 0) is 14.3 Å². The first-order chi connectivity index (χ1) is 14.1. The molecule has 6 heteroatoms. The van der Waals surface area contributed by atoms with Crippen LogP contribution in [0.3, 0.4) is 0 Å². The molecule has 160 valence electrons. The van der Waals surface area contributed by atoms with Gasteiger partial charge in [0.25, 0.3) is 0 Å². The molecule has 1 aliphatic carbocycles. The number of carbonyl (C=O) groups is 2. The number of rotatable bonds is 12. The SMILES string of the molecule is CCOC(=O)CCCCCOc1cc(C=CC(=O)C2CCCCC2)ncc1OC. The van der Waals surface area contributed by atoms with Crippen LogP contribution in [0.5, 0.6) is 11.5 Å². The highest BCUT2D eigenvalue weighted by atomic mass is 16.5. The van der Waals surface area contributed by atoms with Crippen molar-refractivity contribution < 1.29 is 23.8 Å². The standard InChI is InChI=1S/C23H33NO5/c1-3-28-23(26)12-8-5-9-15-29-21-16-19(24-17-22(21)27-2)13-14-20(25)18-10-6-4-7-11-18/h13-14,16-18H,3-12,15H2,1-2H3. The first-order valence-corrected chi connectivity index (χ1v) is 10.7. The van der Waals surface area contributed by atoms with E-state index in [9.17, 15) is 9.59 Å². The lowest BCUT2D eigenvalue weighted by atomic mass is 9.86. The molecule has 0 N–H and O–H groups in total. The van der Waals surface area contributed by atoms with Gasteiger partial charge in [0.2, 0.25) is 0 Å². The number of hydrogen-bond acceptors (Lipinski definition) is 6. The summed E-state index contributed by atoms with van der Waals surface area (Å²) in [6.07, 6.45) is 13.4. The number of ether oxygens (including phenoxy) is 3. The zero-order chi connectivity index (χ0) is 20.9. The Labute approximate surface area is 173 Å². The first kappa shape index (κ1) is 22.9. The van der Waals surface area contributed by atoms with Gasteiger partial charge in [0.15, 0.2) is 17.3 Å². The molecule has 0 spiro atoms. The maximum atomic E-state index is 12.3. The van der Waals surface area contributed by atoms with Crippen LogP contribution in [0, 0.1) is 5.92 Å². The van der Waals surface area contributed by atoms with Crippen molar-refractivity contribution in [3.8, 4) is 11.5 Å². The van der Waals surface area contributed by atoms with Crippen LogP contribution < -0.4 is 9.47 Å². The Bertz CT molecular complexity index is 680. The lowest BCUT2D eigenvalue weighted by Crippen LogP contribution is -2.15. The van der Waals surface area contributed by atoms with Gasteiger partial charge in [-0.3, -0.25) is 14.6 Å². The second-order valence-corrected chi connectivity index (χ2v) is 7.29. The fourth-order valence-corrected chi connectivity index (χ4v) is 3.45.